The summed E-state index contributed by atoms with van der Waals surface area (Å²) < 4.78 is 6.57. The summed E-state index contributed by atoms with van der Waals surface area (Å²) in [6.45, 7) is 3.83. The Morgan fingerprint density at radius 1 is 1.25 bits per heavy atom. The molecule has 0 saturated carbocycles. The number of carbonyl (C=O) groups is 1. The summed E-state index contributed by atoms with van der Waals surface area (Å²) in [6.07, 6.45) is 1.77. The maximum absolute atomic E-state index is 12.5. The number of nitrogens with zero attached hydrogens (tertiary/aromatic N) is 3. The fourth-order valence-electron chi connectivity index (χ4n) is 2.84. The largest absolute Gasteiger partial charge is 0.497 e. The van der Waals surface area contributed by atoms with Crippen LogP contribution in [-0.4, -0.2) is 32.8 Å². The number of aryl methyl sites for hydroxylation is 2. The molecule has 0 saturated heterocycles. The van der Waals surface area contributed by atoms with E-state index in [0.717, 1.165) is 17.7 Å². The van der Waals surface area contributed by atoms with E-state index in [4.69, 9.17) is 4.74 Å². The molecule has 2 N–H and O–H groups in total. The standard InChI is InChI=1S/C20H23N5O3/c1-4-5-15-12-19(27)23-20(21-15)25-17(10-13(2)24-25)22-18(26)11-14-6-8-16(28-3)9-7-14/h6-10,12H,4-5,11H2,1-3H3,(H,22,26)(H,21,23,27). The van der Waals surface area contributed by atoms with Crippen molar-refractivity contribution in [1.82, 2.24) is 19.7 Å². The minimum absolute atomic E-state index is 0.196. The summed E-state index contributed by atoms with van der Waals surface area (Å²) in [6, 6.07) is 10.5. The molecule has 1 aromatic carbocycles. The van der Waals surface area contributed by atoms with Crippen LogP contribution in [0.2, 0.25) is 0 Å². The Balaban J connectivity index is 1.82. The maximum Gasteiger partial charge on any atom is 0.252 e. The Bertz CT molecular complexity index is 1020. The molecule has 0 fully saturated rings. The molecule has 146 valence electrons. The molecule has 0 bridgehead atoms. The number of anilines is 1. The van der Waals surface area contributed by atoms with Crippen molar-refractivity contribution in [2.24, 2.45) is 0 Å². The van der Waals surface area contributed by atoms with Crippen molar-refractivity contribution < 1.29 is 9.53 Å². The molecule has 28 heavy (non-hydrogen) atoms. The molecule has 0 aliphatic rings. The molecule has 8 nitrogen and oxygen atoms in total. The Morgan fingerprint density at radius 2 is 2.00 bits per heavy atom. The normalized spacial score (nSPS) is 10.7. The summed E-state index contributed by atoms with van der Waals surface area (Å²) >= 11 is 0. The van der Waals surface area contributed by atoms with Gasteiger partial charge < -0.3 is 10.1 Å². The zero-order valence-corrected chi connectivity index (χ0v) is 16.2. The van der Waals surface area contributed by atoms with E-state index < -0.39 is 0 Å². The highest BCUT2D eigenvalue weighted by molar-refractivity contribution is 5.91. The number of H-pyrrole nitrogens is 1. The number of rotatable bonds is 7. The summed E-state index contributed by atoms with van der Waals surface area (Å²) in [5.74, 6) is 1.27. The third-order valence-electron chi connectivity index (χ3n) is 4.11. The first-order valence-corrected chi connectivity index (χ1v) is 9.08. The van der Waals surface area contributed by atoms with Gasteiger partial charge in [0.15, 0.2) is 0 Å². The van der Waals surface area contributed by atoms with Crippen LogP contribution in [0.3, 0.4) is 0 Å². The van der Waals surface area contributed by atoms with Crippen LogP contribution < -0.4 is 15.6 Å². The fraction of sp³-hybridized carbons (Fsp3) is 0.300. The number of carbonyl (C=O) groups excluding carboxylic acids is 1. The molecule has 3 rings (SSSR count). The van der Waals surface area contributed by atoms with E-state index in [2.05, 4.69) is 20.4 Å². The quantitative estimate of drug-likeness (QED) is 0.654. The first-order valence-electron chi connectivity index (χ1n) is 9.08. The molecular formula is C20H23N5O3. The first kappa shape index (κ1) is 19.3. The average Bonchev–Trinajstić information content (AvgIpc) is 3.02. The maximum atomic E-state index is 12.5. The SMILES string of the molecule is CCCc1cc(=O)[nH]c(-n2nc(C)cc2NC(=O)Cc2ccc(OC)cc2)n1. The molecule has 1 amide bonds. The Morgan fingerprint density at radius 3 is 2.68 bits per heavy atom. The molecule has 0 atom stereocenters. The Labute approximate surface area is 162 Å². The zero-order chi connectivity index (χ0) is 20.1. The van der Waals surface area contributed by atoms with Crippen LogP contribution in [0.4, 0.5) is 5.82 Å². The predicted octanol–water partition coefficient (Wildman–Crippen LogP) is 2.41. The van der Waals surface area contributed by atoms with Gasteiger partial charge >= 0.3 is 0 Å². The molecule has 0 aliphatic heterocycles. The van der Waals surface area contributed by atoms with Gasteiger partial charge in [-0.2, -0.15) is 9.78 Å². The lowest BCUT2D eigenvalue weighted by molar-refractivity contribution is -0.115. The van der Waals surface area contributed by atoms with Crippen molar-refractivity contribution >= 4 is 11.7 Å². The average molecular weight is 381 g/mol. The molecular weight excluding hydrogens is 358 g/mol. The second-order valence-electron chi connectivity index (χ2n) is 6.47. The van der Waals surface area contributed by atoms with Gasteiger partial charge in [-0.05, 0) is 31.0 Å². The third-order valence-corrected chi connectivity index (χ3v) is 4.11. The van der Waals surface area contributed by atoms with Crippen LogP contribution in [-0.2, 0) is 17.6 Å². The van der Waals surface area contributed by atoms with Gasteiger partial charge in [0.2, 0.25) is 11.9 Å². The van der Waals surface area contributed by atoms with Crippen LogP contribution in [0.15, 0.2) is 41.2 Å². The lowest BCUT2D eigenvalue weighted by Gasteiger charge is -2.09. The molecule has 2 aromatic heterocycles. The van der Waals surface area contributed by atoms with Gasteiger partial charge in [-0.3, -0.25) is 14.6 Å². The second kappa shape index (κ2) is 8.51. The van der Waals surface area contributed by atoms with E-state index in [9.17, 15) is 9.59 Å². The second-order valence-corrected chi connectivity index (χ2v) is 6.47. The lowest BCUT2D eigenvalue weighted by atomic mass is 10.1. The lowest BCUT2D eigenvalue weighted by Crippen LogP contribution is -2.20. The minimum Gasteiger partial charge on any atom is -0.497 e. The number of amides is 1. The van der Waals surface area contributed by atoms with Gasteiger partial charge in [0, 0.05) is 17.8 Å². The van der Waals surface area contributed by atoms with Gasteiger partial charge in [-0.15, -0.1) is 0 Å². The fourth-order valence-corrected chi connectivity index (χ4v) is 2.84. The van der Waals surface area contributed by atoms with E-state index >= 15 is 0 Å². The number of hydrogen-bond acceptors (Lipinski definition) is 5. The van der Waals surface area contributed by atoms with E-state index in [-0.39, 0.29) is 23.8 Å². The summed E-state index contributed by atoms with van der Waals surface area (Å²) in [5, 5.41) is 7.20. The number of hydrogen-bond donors (Lipinski definition) is 2. The number of aromatic amines is 1. The molecule has 3 aromatic rings. The van der Waals surface area contributed by atoms with Crippen LogP contribution in [0.25, 0.3) is 5.95 Å². The Hall–Kier alpha value is -3.42. The van der Waals surface area contributed by atoms with Gasteiger partial charge in [-0.1, -0.05) is 25.5 Å². The van der Waals surface area contributed by atoms with E-state index in [1.165, 1.54) is 10.7 Å². The highest BCUT2D eigenvalue weighted by Gasteiger charge is 2.14. The van der Waals surface area contributed by atoms with E-state index in [1.807, 2.05) is 38.1 Å². The summed E-state index contributed by atoms with van der Waals surface area (Å²) in [7, 11) is 1.60. The number of aromatic nitrogens is 4. The van der Waals surface area contributed by atoms with Crippen molar-refractivity contribution in [2.75, 3.05) is 12.4 Å². The van der Waals surface area contributed by atoms with Crippen molar-refractivity contribution in [2.45, 2.75) is 33.1 Å². The smallest absolute Gasteiger partial charge is 0.252 e. The minimum atomic E-state index is -0.253. The van der Waals surface area contributed by atoms with Gasteiger partial charge in [-0.25, -0.2) is 4.98 Å². The van der Waals surface area contributed by atoms with E-state index in [0.29, 0.717) is 23.6 Å². The molecule has 8 heteroatoms. The number of methoxy groups -OCH3 is 1. The molecule has 0 radical (unpaired) electrons. The third kappa shape index (κ3) is 4.64. The van der Waals surface area contributed by atoms with Crippen LogP contribution in [0.5, 0.6) is 5.75 Å². The van der Waals surface area contributed by atoms with Crippen LogP contribution in [0, 0.1) is 6.92 Å². The van der Waals surface area contributed by atoms with Crippen molar-refractivity contribution in [3.05, 3.63) is 63.7 Å². The first-order chi connectivity index (χ1) is 13.5. The molecule has 0 unspecified atom stereocenters. The number of ether oxygens (including phenoxy) is 1. The number of nitrogens with one attached hydrogen (secondary N) is 2. The van der Waals surface area contributed by atoms with E-state index in [1.54, 1.807) is 13.2 Å². The Kier molecular flexibility index (Phi) is 5.88. The van der Waals surface area contributed by atoms with Crippen LogP contribution >= 0.6 is 0 Å². The highest BCUT2D eigenvalue weighted by Crippen LogP contribution is 2.16. The predicted molar refractivity (Wildman–Crippen MR) is 106 cm³/mol. The summed E-state index contributed by atoms with van der Waals surface area (Å²) in [4.78, 5) is 31.6. The molecule has 0 aliphatic carbocycles. The van der Waals surface area contributed by atoms with Gasteiger partial charge in [0.05, 0.1) is 19.2 Å². The van der Waals surface area contributed by atoms with Gasteiger partial charge in [0.25, 0.3) is 5.56 Å². The van der Waals surface area contributed by atoms with Crippen LogP contribution in [0.1, 0.15) is 30.3 Å². The molecule has 0 spiro atoms. The van der Waals surface area contributed by atoms with Gasteiger partial charge in [0.1, 0.15) is 11.6 Å². The number of benzene rings is 1. The topological polar surface area (TPSA) is 102 Å². The molecule has 2 heterocycles. The zero-order valence-electron chi connectivity index (χ0n) is 16.2. The highest BCUT2D eigenvalue weighted by atomic mass is 16.5. The van der Waals surface area contributed by atoms with Crippen molar-refractivity contribution in [1.29, 1.82) is 0 Å². The van der Waals surface area contributed by atoms with Crippen molar-refractivity contribution in [3.63, 3.8) is 0 Å². The summed E-state index contributed by atoms with van der Waals surface area (Å²) in [5.41, 5.74) is 1.99. The van der Waals surface area contributed by atoms with Crippen molar-refractivity contribution in [3.8, 4) is 11.7 Å². The monoisotopic (exact) mass is 381 g/mol.